The Labute approximate surface area is 122 Å². The number of ether oxygens (including phenoxy) is 1. The van der Waals surface area contributed by atoms with Crippen LogP contribution in [0.3, 0.4) is 0 Å². The Morgan fingerprint density at radius 2 is 2.40 bits per heavy atom. The molecule has 0 radical (unpaired) electrons. The second kappa shape index (κ2) is 7.06. The van der Waals surface area contributed by atoms with Crippen LogP contribution in [-0.2, 0) is 11.3 Å². The molecule has 6 nitrogen and oxygen atoms in total. The zero-order valence-corrected chi connectivity index (χ0v) is 12.3. The number of aliphatic hydroxyl groups is 1. The summed E-state index contributed by atoms with van der Waals surface area (Å²) in [5.74, 6) is 0.557. The molecule has 0 amide bonds. The van der Waals surface area contributed by atoms with Crippen molar-refractivity contribution in [3.05, 3.63) is 21.6 Å². The van der Waals surface area contributed by atoms with E-state index in [1.54, 1.807) is 7.11 Å². The first-order valence-electron chi connectivity index (χ1n) is 6.77. The van der Waals surface area contributed by atoms with Crippen LogP contribution in [-0.4, -0.2) is 41.3 Å². The highest BCUT2D eigenvalue weighted by Crippen LogP contribution is 2.30. The molecule has 1 aliphatic carbocycles. The third-order valence-corrected chi connectivity index (χ3v) is 3.61. The minimum Gasteiger partial charge on any atom is -0.396 e. The van der Waals surface area contributed by atoms with Gasteiger partial charge < -0.3 is 15.2 Å². The lowest BCUT2D eigenvalue weighted by Gasteiger charge is -2.19. The van der Waals surface area contributed by atoms with E-state index in [4.69, 9.17) is 21.4 Å². The Morgan fingerprint density at radius 1 is 1.65 bits per heavy atom. The maximum absolute atomic E-state index is 12.3. The van der Waals surface area contributed by atoms with Crippen molar-refractivity contribution in [2.45, 2.75) is 31.8 Å². The maximum Gasteiger partial charge on any atom is 0.291 e. The van der Waals surface area contributed by atoms with Crippen molar-refractivity contribution in [3.63, 3.8) is 0 Å². The average molecular weight is 302 g/mol. The molecule has 20 heavy (non-hydrogen) atoms. The molecule has 1 unspecified atom stereocenters. The molecule has 0 aromatic carbocycles. The first-order valence-corrected chi connectivity index (χ1v) is 7.15. The van der Waals surface area contributed by atoms with Gasteiger partial charge in [-0.2, -0.15) is 5.10 Å². The number of nitrogens with zero attached hydrogens (tertiary/aromatic N) is 2. The van der Waals surface area contributed by atoms with Gasteiger partial charge in [0.05, 0.1) is 23.9 Å². The third kappa shape index (κ3) is 3.94. The molecular weight excluding hydrogens is 282 g/mol. The number of anilines is 1. The minimum atomic E-state index is -0.219. The van der Waals surface area contributed by atoms with E-state index in [0.717, 1.165) is 12.8 Å². The van der Waals surface area contributed by atoms with Gasteiger partial charge in [0.15, 0.2) is 0 Å². The Kier molecular flexibility index (Phi) is 5.39. The van der Waals surface area contributed by atoms with Gasteiger partial charge in [-0.05, 0) is 25.2 Å². The van der Waals surface area contributed by atoms with Crippen LogP contribution in [0.4, 0.5) is 5.69 Å². The summed E-state index contributed by atoms with van der Waals surface area (Å²) in [5.41, 5.74) is 0.112. The molecule has 1 saturated carbocycles. The number of methoxy groups -OCH3 is 1. The molecule has 112 valence electrons. The molecule has 7 heteroatoms. The lowest BCUT2D eigenvalue weighted by Crippen LogP contribution is -2.33. The first-order chi connectivity index (χ1) is 9.65. The third-order valence-electron chi connectivity index (χ3n) is 3.32. The van der Waals surface area contributed by atoms with Crippen LogP contribution in [0.1, 0.15) is 19.3 Å². The van der Waals surface area contributed by atoms with E-state index >= 15 is 0 Å². The molecule has 1 aromatic rings. The van der Waals surface area contributed by atoms with Crippen LogP contribution in [0.15, 0.2) is 11.0 Å². The summed E-state index contributed by atoms with van der Waals surface area (Å²) in [6.45, 7) is 1.04. The van der Waals surface area contributed by atoms with E-state index in [9.17, 15) is 4.79 Å². The van der Waals surface area contributed by atoms with Crippen molar-refractivity contribution in [2.75, 3.05) is 25.6 Å². The van der Waals surface area contributed by atoms with Crippen LogP contribution in [0, 0.1) is 5.92 Å². The maximum atomic E-state index is 12.3. The number of aliphatic hydroxyl groups excluding tert-OH is 1. The standard InChI is InChI=1S/C13H20ClN3O3/c1-20-8-10(4-5-18)16-12-11(14)6-15-17(13(12)19)7-9-2-3-9/h6,9-10,16,18H,2-5,7-8H2,1H3. The Hall–Kier alpha value is -1.11. The predicted octanol–water partition coefficient (Wildman–Crippen LogP) is 1.12. The summed E-state index contributed by atoms with van der Waals surface area (Å²) in [6.07, 6.45) is 4.26. The summed E-state index contributed by atoms with van der Waals surface area (Å²) in [4.78, 5) is 12.3. The molecule has 1 atom stereocenters. The lowest BCUT2D eigenvalue weighted by atomic mass is 10.2. The van der Waals surface area contributed by atoms with Crippen LogP contribution in [0.5, 0.6) is 0 Å². The summed E-state index contributed by atoms with van der Waals surface area (Å²) in [5, 5.41) is 16.5. The van der Waals surface area contributed by atoms with Crippen LogP contribution >= 0.6 is 11.6 Å². The molecule has 1 heterocycles. The molecule has 0 bridgehead atoms. The zero-order chi connectivity index (χ0) is 14.5. The molecule has 2 N–H and O–H groups in total. The first kappa shape index (κ1) is 15.3. The van der Waals surface area contributed by atoms with E-state index in [1.807, 2.05) is 0 Å². The van der Waals surface area contributed by atoms with E-state index in [-0.39, 0.29) is 18.2 Å². The molecule has 0 saturated heterocycles. The summed E-state index contributed by atoms with van der Waals surface area (Å²) < 4.78 is 6.53. The second-order valence-electron chi connectivity index (χ2n) is 5.11. The van der Waals surface area contributed by atoms with Gasteiger partial charge in [0.1, 0.15) is 5.69 Å². The van der Waals surface area contributed by atoms with Crippen molar-refractivity contribution >= 4 is 17.3 Å². The SMILES string of the molecule is COCC(CCO)Nc1c(Cl)cnn(CC2CC2)c1=O. The van der Waals surface area contributed by atoms with Crippen molar-refractivity contribution in [1.82, 2.24) is 9.78 Å². The van der Waals surface area contributed by atoms with Crippen LogP contribution in [0.2, 0.25) is 5.02 Å². The van der Waals surface area contributed by atoms with Gasteiger partial charge in [-0.25, -0.2) is 4.68 Å². The smallest absolute Gasteiger partial charge is 0.291 e. The number of aromatic nitrogens is 2. The summed E-state index contributed by atoms with van der Waals surface area (Å²) >= 11 is 6.06. The Bertz CT molecular complexity index is 496. The van der Waals surface area contributed by atoms with Gasteiger partial charge in [0.25, 0.3) is 5.56 Å². The normalized spacial score (nSPS) is 16.1. The molecule has 1 aromatic heterocycles. The van der Waals surface area contributed by atoms with E-state index in [0.29, 0.717) is 36.2 Å². The molecule has 1 fully saturated rings. The molecular formula is C13H20ClN3O3. The van der Waals surface area contributed by atoms with Crippen molar-refractivity contribution in [2.24, 2.45) is 5.92 Å². The quantitative estimate of drug-likeness (QED) is 0.752. The van der Waals surface area contributed by atoms with Crippen molar-refractivity contribution in [1.29, 1.82) is 0 Å². The van der Waals surface area contributed by atoms with Crippen molar-refractivity contribution < 1.29 is 9.84 Å². The fourth-order valence-electron chi connectivity index (χ4n) is 2.03. The molecule has 1 aliphatic rings. The van der Waals surface area contributed by atoms with Crippen molar-refractivity contribution in [3.8, 4) is 0 Å². The highest BCUT2D eigenvalue weighted by molar-refractivity contribution is 6.33. The minimum absolute atomic E-state index is 0.0139. The van der Waals surface area contributed by atoms with Crippen LogP contribution < -0.4 is 10.9 Å². The van der Waals surface area contributed by atoms with Gasteiger partial charge in [-0.15, -0.1) is 0 Å². The predicted molar refractivity (Wildman–Crippen MR) is 77.2 cm³/mol. The number of halogens is 1. The number of hydrogen-bond acceptors (Lipinski definition) is 5. The van der Waals surface area contributed by atoms with Gasteiger partial charge in [-0.3, -0.25) is 4.79 Å². The van der Waals surface area contributed by atoms with E-state index in [1.165, 1.54) is 10.9 Å². The van der Waals surface area contributed by atoms with E-state index < -0.39 is 0 Å². The average Bonchev–Trinajstić information content (AvgIpc) is 3.22. The fourth-order valence-corrected chi connectivity index (χ4v) is 2.21. The van der Waals surface area contributed by atoms with Gasteiger partial charge in [-0.1, -0.05) is 11.6 Å². The number of hydrogen-bond donors (Lipinski definition) is 2. The van der Waals surface area contributed by atoms with Gasteiger partial charge >= 0.3 is 0 Å². The largest absolute Gasteiger partial charge is 0.396 e. The van der Waals surface area contributed by atoms with E-state index in [2.05, 4.69) is 10.4 Å². The Morgan fingerprint density at radius 3 is 3.00 bits per heavy atom. The number of rotatable bonds is 8. The highest BCUT2D eigenvalue weighted by atomic mass is 35.5. The fraction of sp³-hybridized carbons (Fsp3) is 0.692. The topological polar surface area (TPSA) is 76.4 Å². The van der Waals surface area contributed by atoms with Gasteiger partial charge in [0.2, 0.25) is 0 Å². The molecule has 0 spiro atoms. The van der Waals surface area contributed by atoms with Gasteiger partial charge in [0, 0.05) is 20.3 Å². The lowest BCUT2D eigenvalue weighted by molar-refractivity contribution is 0.170. The molecule has 2 rings (SSSR count). The summed E-state index contributed by atoms with van der Waals surface area (Å²) in [6, 6.07) is -0.160. The highest BCUT2D eigenvalue weighted by Gasteiger charge is 2.24. The monoisotopic (exact) mass is 301 g/mol. The Balaban J connectivity index is 2.17. The van der Waals surface area contributed by atoms with Crippen LogP contribution in [0.25, 0.3) is 0 Å². The zero-order valence-electron chi connectivity index (χ0n) is 11.5. The summed E-state index contributed by atoms with van der Waals surface area (Å²) in [7, 11) is 1.57. The second-order valence-corrected chi connectivity index (χ2v) is 5.51. The number of nitrogens with one attached hydrogen (secondary N) is 1. The molecule has 0 aliphatic heterocycles.